The lowest BCUT2D eigenvalue weighted by Crippen LogP contribution is -2.39. The van der Waals surface area contributed by atoms with Gasteiger partial charge in [0.15, 0.2) is 0 Å². The van der Waals surface area contributed by atoms with Crippen molar-refractivity contribution in [2.24, 2.45) is 0 Å². The SMILES string of the molecule is CCCCCCOc1ccc(C(=O)NCC(=O)NC2CCCc3ccccc32)cc1. The second-order valence-corrected chi connectivity index (χ2v) is 7.83. The van der Waals surface area contributed by atoms with Gasteiger partial charge in [-0.3, -0.25) is 9.59 Å². The molecule has 1 unspecified atom stereocenters. The highest BCUT2D eigenvalue weighted by Crippen LogP contribution is 2.29. The molecule has 5 heteroatoms. The van der Waals surface area contributed by atoms with Crippen LogP contribution < -0.4 is 15.4 Å². The van der Waals surface area contributed by atoms with Gasteiger partial charge in [0.1, 0.15) is 5.75 Å². The van der Waals surface area contributed by atoms with Crippen molar-refractivity contribution in [1.29, 1.82) is 0 Å². The van der Waals surface area contributed by atoms with E-state index in [9.17, 15) is 9.59 Å². The van der Waals surface area contributed by atoms with Crippen LogP contribution in [0.15, 0.2) is 48.5 Å². The molecule has 0 bridgehead atoms. The van der Waals surface area contributed by atoms with Crippen molar-refractivity contribution >= 4 is 11.8 Å². The molecule has 2 aromatic rings. The number of rotatable bonds is 10. The number of ether oxygens (including phenoxy) is 1. The monoisotopic (exact) mass is 408 g/mol. The fourth-order valence-corrected chi connectivity index (χ4v) is 3.83. The lowest BCUT2D eigenvalue weighted by molar-refractivity contribution is -0.121. The summed E-state index contributed by atoms with van der Waals surface area (Å²) < 4.78 is 5.70. The van der Waals surface area contributed by atoms with E-state index in [0.29, 0.717) is 12.2 Å². The van der Waals surface area contributed by atoms with E-state index in [1.165, 1.54) is 30.4 Å². The molecule has 3 rings (SSSR count). The number of hydrogen-bond acceptors (Lipinski definition) is 3. The molecule has 2 aromatic carbocycles. The zero-order valence-electron chi connectivity index (χ0n) is 17.8. The van der Waals surface area contributed by atoms with E-state index in [-0.39, 0.29) is 24.4 Å². The standard InChI is InChI=1S/C25H32N2O3/c1-2-3-4-7-17-30-21-15-13-20(14-16-21)25(29)26-18-24(28)27-23-12-8-10-19-9-5-6-11-22(19)23/h5-6,9,11,13-16,23H,2-4,7-8,10,12,17-18H2,1H3,(H,26,29)(H,27,28). The average molecular weight is 409 g/mol. The van der Waals surface area contributed by atoms with Gasteiger partial charge in [-0.15, -0.1) is 0 Å². The highest BCUT2D eigenvalue weighted by Gasteiger charge is 2.21. The van der Waals surface area contributed by atoms with E-state index in [1.807, 2.05) is 12.1 Å². The number of carbonyl (C=O) groups is 2. The number of benzene rings is 2. The van der Waals surface area contributed by atoms with Gasteiger partial charge in [-0.2, -0.15) is 0 Å². The van der Waals surface area contributed by atoms with Crippen molar-refractivity contribution in [3.8, 4) is 5.75 Å². The van der Waals surface area contributed by atoms with Crippen molar-refractivity contribution in [1.82, 2.24) is 10.6 Å². The molecule has 5 nitrogen and oxygen atoms in total. The van der Waals surface area contributed by atoms with Crippen LogP contribution in [0.25, 0.3) is 0 Å². The number of fused-ring (bicyclic) bond motifs is 1. The van der Waals surface area contributed by atoms with E-state index < -0.39 is 0 Å². The van der Waals surface area contributed by atoms with Crippen molar-refractivity contribution in [2.75, 3.05) is 13.2 Å². The lowest BCUT2D eigenvalue weighted by Gasteiger charge is -2.26. The summed E-state index contributed by atoms with van der Waals surface area (Å²) in [6, 6.07) is 15.3. The third-order valence-electron chi connectivity index (χ3n) is 5.50. The highest BCUT2D eigenvalue weighted by molar-refractivity contribution is 5.96. The molecular formula is C25H32N2O3. The van der Waals surface area contributed by atoms with Crippen LogP contribution in [-0.4, -0.2) is 25.0 Å². The zero-order valence-corrected chi connectivity index (χ0v) is 17.8. The molecule has 30 heavy (non-hydrogen) atoms. The third kappa shape index (κ3) is 6.34. The van der Waals surface area contributed by atoms with Crippen LogP contribution in [0.1, 0.15) is 73.0 Å². The summed E-state index contributed by atoms with van der Waals surface area (Å²) in [4.78, 5) is 24.7. The van der Waals surface area contributed by atoms with Crippen LogP contribution in [0, 0.1) is 0 Å². The summed E-state index contributed by atoms with van der Waals surface area (Å²) in [5, 5.41) is 5.76. The van der Waals surface area contributed by atoms with E-state index in [0.717, 1.165) is 31.4 Å². The molecule has 1 atom stereocenters. The Labute approximate surface area is 179 Å². The molecule has 0 aromatic heterocycles. The van der Waals surface area contributed by atoms with E-state index >= 15 is 0 Å². The molecule has 0 heterocycles. The average Bonchev–Trinajstić information content (AvgIpc) is 2.78. The van der Waals surface area contributed by atoms with Gasteiger partial charge in [-0.05, 0) is 61.1 Å². The summed E-state index contributed by atoms with van der Waals surface area (Å²) in [6.45, 7) is 2.84. The lowest BCUT2D eigenvalue weighted by atomic mass is 9.88. The predicted octanol–water partition coefficient (Wildman–Crippen LogP) is 4.57. The maximum atomic E-state index is 12.4. The fourth-order valence-electron chi connectivity index (χ4n) is 3.83. The summed E-state index contributed by atoms with van der Waals surface area (Å²) in [5.74, 6) is 0.331. The van der Waals surface area contributed by atoms with Crippen LogP contribution in [-0.2, 0) is 11.2 Å². The quantitative estimate of drug-likeness (QED) is 0.566. The summed E-state index contributed by atoms with van der Waals surface area (Å²) >= 11 is 0. The molecular weight excluding hydrogens is 376 g/mol. The van der Waals surface area contributed by atoms with Crippen molar-refractivity contribution < 1.29 is 14.3 Å². The van der Waals surface area contributed by atoms with Crippen LogP contribution in [0.3, 0.4) is 0 Å². The van der Waals surface area contributed by atoms with E-state index in [1.54, 1.807) is 24.3 Å². The van der Waals surface area contributed by atoms with Gasteiger partial charge in [-0.1, -0.05) is 50.5 Å². The van der Waals surface area contributed by atoms with Gasteiger partial charge in [0, 0.05) is 5.56 Å². The van der Waals surface area contributed by atoms with E-state index in [2.05, 4.69) is 29.7 Å². The number of amides is 2. The zero-order chi connectivity index (χ0) is 21.2. The molecule has 160 valence electrons. The Morgan fingerprint density at radius 1 is 1.03 bits per heavy atom. The second kappa shape index (κ2) is 11.4. The molecule has 0 radical (unpaired) electrons. The van der Waals surface area contributed by atoms with Gasteiger partial charge in [-0.25, -0.2) is 0 Å². The second-order valence-electron chi connectivity index (χ2n) is 7.83. The predicted molar refractivity (Wildman–Crippen MR) is 119 cm³/mol. The minimum absolute atomic E-state index is 0.0214. The van der Waals surface area contributed by atoms with Gasteiger partial charge >= 0.3 is 0 Å². The van der Waals surface area contributed by atoms with Gasteiger partial charge in [0.25, 0.3) is 5.91 Å². The number of aryl methyl sites for hydroxylation is 1. The summed E-state index contributed by atoms with van der Waals surface area (Å²) in [6.07, 6.45) is 7.68. The minimum Gasteiger partial charge on any atom is -0.494 e. The molecule has 0 saturated carbocycles. The molecule has 2 amide bonds. The molecule has 1 aliphatic rings. The third-order valence-corrected chi connectivity index (χ3v) is 5.50. The number of carbonyl (C=O) groups excluding carboxylic acids is 2. The first kappa shape index (κ1) is 21.9. The van der Waals surface area contributed by atoms with Crippen LogP contribution in [0.5, 0.6) is 5.75 Å². The molecule has 0 aliphatic heterocycles. The molecule has 0 saturated heterocycles. The normalized spacial score (nSPS) is 15.2. The van der Waals surface area contributed by atoms with E-state index in [4.69, 9.17) is 4.74 Å². The molecule has 2 N–H and O–H groups in total. The Hall–Kier alpha value is -2.82. The number of unbranched alkanes of at least 4 members (excludes halogenated alkanes) is 3. The first-order valence-corrected chi connectivity index (χ1v) is 11.1. The first-order valence-electron chi connectivity index (χ1n) is 11.1. The largest absolute Gasteiger partial charge is 0.494 e. The minimum atomic E-state index is -0.260. The maximum absolute atomic E-state index is 12.4. The van der Waals surface area contributed by atoms with Gasteiger partial charge in [0.2, 0.25) is 5.91 Å². The van der Waals surface area contributed by atoms with Crippen molar-refractivity contribution in [3.63, 3.8) is 0 Å². The Morgan fingerprint density at radius 2 is 1.83 bits per heavy atom. The van der Waals surface area contributed by atoms with Gasteiger partial charge in [0.05, 0.1) is 19.2 Å². The molecule has 1 aliphatic carbocycles. The maximum Gasteiger partial charge on any atom is 0.251 e. The Balaban J connectivity index is 1.42. The van der Waals surface area contributed by atoms with Crippen LogP contribution >= 0.6 is 0 Å². The topological polar surface area (TPSA) is 67.4 Å². The fraction of sp³-hybridized carbons (Fsp3) is 0.440. The van der Waals surface area contributed by atoms with Crippen molar-refractivity contribution in [2.45, 2.75) is 57.9 Å². The smallest absolute Gasteiger partial charge is 0.251 e. The Kier molecular flexibility index (Phi) is 8.30. The Bertz CT molecular complexity index is 833. The molecule has 0 fully saturated rings. The number of hydrogen-bond donors (Lipinski definition) is 2. The summed E-state index contributed by atoms with van der Waals surface area (Å²) in [5.41, 5.74) is 3.00. The first-order chi connectivity index (χ1) is 14.7. The molecule has 0 spiro atoms. The van der Waals surface area contributed by atoms with Crippen LogP contribution in [0.4, 0.5) is 0 Å². The number of nitrogens with one attached hydrogen (secondary N) is 2. The van der Waals surface area contributed by atoms with Gasteiger partial charge < -0.3 is 15.4 Å². The highest BCUT2D eigenvalue weighted by atomic mass is 16.5. The Morgan fingerprint density at radius 3 is 2.63 bits per heavy atom. The summed E-state index contributed by atoms with van der Waals surface area (Å²) in [7, 11) is 0. The van der Waals surface area contributed by atoms with Crippen molar-refractivity contribution in [3.05, 3.63) is 65.2 Å². The van der Waals surface area contributed by atoms with Crippen LogP contribution in [0.2, 0.25) is 0 Å².